The Balaban J connectivity index is 1.52. The topological polar surface area (TPSA) is 84.0 Å². The molecular formula is C25H34N2O5S2. The van der Waals surface area contributed by atoms with E-state index in [1.54, 1.807) is 24.3 Å². The molecule has 4 rings (SSSR count). The van der Waals surface area contributed by atoms with Gasteiger partial charge < -0.3 is 4.74 Å². The molecule has 0 unspecified atom stereocenters. The Hall–Kier alpha value is -1.78. The lowest BCUT2D eigenvalue weighted by atomic mass is 10.0. The average Bonchev–Trinajstić information content (AvgIpc) is 3.23. The molecule has 2 saturated heterocycles. The van der Waals surface area contributed by atoms with Crippen LogP contribution in [0, 0.1) is 0 Å². The second kappa shape index (κ2) is 9.35. The largest absolute Gasteiger partial charge is 0.358 e. The second-order valence-corrected chi connectivity index (χ2v) is 13.5. The average molecular weight is 507 g/mol. The van der Waals surface area contributed by atoms with Crippen molar-refractivity contribution in [2.45, 2.75) is 67.9 Å². The van der Waals surface area contributed by atoms with E-state index in [1.165, 1.54) is 8.61 Å². The molecular weight excluding hydrogens is 472 g/mol. The van der Waals surface area contributed by atoms with Crippen molar-refractivity contribution in [2.24, 2.45) is 0 Å². The summed E-state index contributed by atoms with van der Waals surface area (Å²) in [5.74, 6) is 0.631. The molecule has 2 aliphatic heterocycles. The Morgan fingerprint density at radius 1 is 0.706 bits per heavy atom. The maximum absolute atomic E-state index is 13.5. The minimum absolute atomic E-state index is 0.201. The van der Waals surface area contributed by atoms with Crippen LogP contribution in [0.25, 0.3) is 0 Å². The summed E-state index contributed by atoms with van der Waals surface area (Å²) >= 11 is 0. The van der Waals surface area contributed by atoms with Crippen molar-refractivity contribution < 1.29 is 21.6 Å². The van der Waals surface area contributed by atoms with E-state index in [1.807, 2.05) is 24.3 Å². The minimum atomic E-state index is -3.77. The van der Waals surface area contributed by atoms with Gasteiger partial charge in [0.2, 0.25) is 20.0 Å². The number of sulfonamides is 2. The molecule has 0 N–H and O–H groups in total. The molecule has 2 heterocycles. The van der Waals surface area contributed by atoms with Crippen LogP contribution < -0.4 is 0 Å². The minimum Gasteiger partial charge on any atom is -0.358 e. The first-order chi connectivity index (χ1) is 16.0. The molecule has 0 radical (unpaired) electrons. The van der Waals surface area contributed by atoms with Gasteiger partial charge in [-0.25, -0.2) is 16.8 Å². The first kappa shape index (κ1) is 25.3. The summed E-state index contributed by atoms with van der Waals surface area (Å²) in [5.41, 5.74) is 1.15. The predicted octanol–water partition coefficient (Wildman–Crippen LogP) is 4.14. The number of hydrogen-bond acceptors (Lipinski definition) is 5. The summed E-state index contributed by atoms with van der Waals surface area (Å²) in [6, 6.07) is 14.0. The summed E-state index contributed by atoms with van der Waals surface area (Å²) < 4.78 is 62.3. The lowest BCUT2D eigenvalue weighted by molar-refractivity contribution is -0.0806. The Labute approximate surface area is 203 Å². The van der Waals surface area contributed by atoms with Gasteiger partial charge in [0, 0.05) is 32.5 Å². The molecule has 2 fully saturated rings. The third-order valence-electron chi connectivity index (χ3n) is 6.94. The molecule has 0 bridgehead atoms. The highest BCUT2D eigenvalue weighted by Gasteiger charge is 2.51. The number of piperidine rings is 1. The zero-order valence-corrected chi connectivity index (χ0v) is 21.9. The van der Waals surface area contributed by atoms with Gasteiger partial charge in [0.25, 0.3) is 0 Å². The van der Waals surface area contributed by atoms with Gasteiger partial charge in [-0.15, -0.1) is 0 Å². The zero-order chi connectivity index (χ0) is 24.7. The summed E-state index contributed by atoms with van der Waals surface area (Å²) in [6.07, 6.45) is 0.583. The van der Waals surface area contributed by atoms with Gasteiger partial charge in [0.15, 0.2) is 0 Å². The van der Waals surface area contributed by atoms with Crippen LogP contribution in [0.4, 0.5) is 0 Å². The van der Waals surface area contributed by atoms with Crippen LogP contribution in [-0.4, -0.2) is 57.4 Å². The van der Waals surface area contributed by atoms with Crippen molar-refractivity contribution in [1.82, 2.24) is 8.61 Å². The van der Waals surface area contributed by atoms with Crippen LogP contribution in [0.15, 0.2) is 58.3 Å². The Kier molecular flexibility index (Phi) is 6.96. The standard InChI is InChI=1S/C25H34N2O5S2/c1-19(2)21-5-9-23(10-6-21)33(28,29)26-15-13-25(14-16-26)27(17-18-32-25)34(30,31)24-11-7-22(8-12-24)20(3)4/h5-12,19-20H,13-18H2,1-4H3. The Morgan fingerprint density at radius 2 is 1.15 bits per heavy atom. The smallest absolute Gasteiger partial charge is 0.245 e. The molecule has 2 aromatic carbocycles. The molecule has 1 spiro atoms. The van der Waals surface area contributed by atoms with E-state index in [2.05, 4.69) is 27.7 Å². The molecule has 0 atom stereocenters. The number of ether oxygens (including phenoxy) is 1. The van der Waals surface area contributed by atoms with Gasteiger partial charge in [-0.3, -0.25) is 0 Å². The monoisotopic (exact) mass is 506 g/mol. The summed E-state index contributed by atoms with van der Waals surface area (Å²) in [4.78, 5) is 0.497. The predicted molar refractivity (Wildman–Crippen MR) is 132 cm³/mol. The van der Waals surface area contributed by atoms with Gasteiger partial charge in [0.05, 0.1) is 16.4 Å². The van der Waals surface area contributed by atoms with E-state index in [9.17, 15) is 16.8 Å². The molecule has 0 aliphatic carbocycles. The van der Waals surface area contributed by atoms with E-state index < -0.39 is 25.8 Å². The second-order valence-electron chi connectivity index (χ2n) is 9.72. The Morgan fingerprint density at radius 3 is 1.59 bits per heavy atom. The van der Waals surface area contributed by atoms with Crippen molar-refractivity contribution in [3.05, 3.63) is 59.7 Å². The van der Waals surface area contributed by atoms with E-state index >= 15 is 0 Å². The van der Waals surface area contributed by atoms with Crippen molar-refractivity contribution in [3.63, 3.8) is 0 Å². The third kappa shape index (κ3) is 4.56. The van der Waals surface area contributed by atoms with Crippen molar-refractivity contribution in [2.75, 3.05) is 26.2 Å². The zero-order valence-electron chi connectivity index (χ0n) is 20.3. The lowest BCUT2D eigenvalue weighted by Gasteiger charge is -2.42. The summed E-state index contributed by atoms with van der Waals surface area (Å²) in [6.45, 7) is 9.21. The fourth-order valence-corrected chi connectivity index (χ4v) is 7.89. The lowest BCUT2D eigenvalue weighted by Crippen LogP contribution is -2.55. The molecule has 34 heavy (non-hydrogen) atoms. The highest BCUT2D eigenvalue weighted by atomic mass is 32.2. The highest BCUT2D eigenvalue weighted by Crippen LogP contribution is 2.39. The van der Waals surface area contributed by atoms with Gasteiger partial charge >= 0.3 is 0 Å². The number of nitrogens with zero attached hydrogens (tertiary/aromatic N) is 2. The number of rotatable bonds is 6. The van der Waals surface area contributed by atoms with Crippen LogP contribution in [-0.2, 0) is 24.8 Å². The van der Waals surface area contributed by atoms with Crippen molar-refractivity contribution in [1.29, 1.82) is 0 Å². The van der Waals surface area contributed by atoms with Crippen LogP contribution in [0.5, 0.6) is 0 Å². The first-order valence-corrected chi connectivity index (χ1v) is 14.7. The molecule has 2 aromatic rings. The third-order valence-corrected chi connectivity index (χ3v) is 10.8. The van der Waals surface area contributed by atoms with Crippen LogP contribution in [0.2, 0.25) is 0 Å². The van der Waals surface area contributed by atoms with Gasteiger partial charge in [-0.2, -0.15) is 8.61 Å². The van der Waals surface area contributed by atoms with Crippen LogP contribution >= 0.6 is 0 Å². The molecule has 0 saturated carbocycles. The van der Waals surface area contributed by atoms with E-state index in [0.717, 1.165) is 11.1 Å². The summed E-state index contributed by atoms with van der Waals surface area (Å²) in [5, 5.41) is 0. The SMILES string of the molecule is CC(C)c1ccc(S(=O)(=O)N2CCC3(CC2)OCCN3S(=O)(=O)c2ccc(C(C)C)cc2)cc1. The van der Waals surface area contributed by atoms with E-state index in [0.29, 0.717) is 31.3 Å². The molecule has 0 aromatic heterocycles. The van der Waals surface area contributed by atoms with E-state index in [4.69, 9.17) is 4.74 Å². The summed E-state index contributed by atoms with van der Waals surface area (Å²) in [7, 11) is -7.43. The molecule has 7 nitrogen and oxygen atoms in total. The maximum Gasteiger partial charge on any atom is 0.245 e. The highest BCUT2D eigenvalue weighted by molar-refractivity contribution is 7.89. The first-order valence-electron chi connectivity index (χ1n) is 11.8. The fraction of sp³-hybridized carbons (Fsp3) is 0.520. The normalized spacial score (nSPS) is 19.9. The maximum atomic E-state index is 13.5. The van der Waals surface area contributed by atoms with Gasteiger partial charge in [-0.05, 0) is 47.2 Å². The van der Waals surface area contributed by atoms with Gasteiger partial charge in [0.1, 0.15) is 5.72 Å². The molecule has 9 heteroatoms. The van der Waals surface area contributed by atoms with E-state index in [-0.39, 0.29) is 29.4 Å². The fourth-order valence-electron chi connectivity index (χ4n) is 4.73. The van der Waals surface area contributed by atoms with Crippen LogP contribution in [0.1, 0.15) is 63.5 Å². The van der Waals surface area contributed by atoms with Crippen molar-refractivity contribution in [3.8, 4) is 0 Å². The van der Waals surface area contributed by atoms with Crippen LogP contribution in [0.3, 0.4) is 0 Å². The Bertz CT molecular complexity index is 1210. The van der Waals surface area contributed by atoms with Crippen molar-refractivity contribution >= 4 is 20.0 Å². The number of hydrogen-bond donors (Lipinski definition) is 0. The van der Waals surface area contributed by atoms with Gasteiger partial charge in [-0.1, -0.05) is 52.0 Å². The number of benzene rings is 2. The molecule has 186 valence electrons. The molecule has 2 aliphatic rings. The molecule has 0 amide bonds. The quantitative estimate of drug-likeness (QED) is 0.588.